The topological polar surface area (TPSA) is 17.1 Å². The van der Waals surface area contributed by atoms with Gasteiger partial charge in [0.15, 0.2) is 0 Å². The maximum atomic E-state index is 12.9. The molecule has 0 radical (unpaired) electrons. The zero-order valence-electron chi connectivity index (χ0n) is 11.7. The minimum Gasteiger partial charge on any atom is -0.298 e. The van der Waals surface area contributed by atoms with E-state index in [4.69, 9.17) is 0 Å². The lowest BCUT2D eigenvalue weighted by molar-refractivity contribution is -0.141. The molecule has 2 aromatic rings. The Balaban J connectivity index is 1.89. The van der Waals surface area contributed by atoms with Crippen molar-refractivity contribution in [3.05, 3.63) is 71.3 Å². The average molecular weight is 262 g/mol. The van der Waals surface area contributed by atoms with E-state index in [2.05, 4.69) is 43.3 Å². The van der Waals surface area contributed by atoms with E-state index in [9.17, 15) is 4.79 Å². The van der Waals surface area contributed by atoms with Crippen molar-refractivity contribution in [2.75, 3.05) is 0 Å². The van der Waals surface area contributed by atoms with Gasteiger partial charge in [0.05, 0.1) is 5.41 Å². The molecule has 1 heteroatoms. The summed E-state index contributed by atoms with van der Waals surface area (Å²) in [6, 6.07) is 19.0. The smallest absolute Gasteiger partial charge is 0.148 e. The minimum absolute atomic E-state index is 0.215. The molecule has 4 rings (SSSR count). The summed E-state index contributed by atoms with van der Waals surface area (Å²) >= 11 is 0. The third-order valence-electron chi connectivity index (χ3n) is 5.39. The first-order chi connectivity index (χ1) is 9.79. The van der Waals surface area contributed by atoms with Crippen LogP contribution in [0.2, 0.25) is 0 Å². The zero-order chi connectivity index (χ0) is 13.7. The highest BCUT2D eigenvalue weighted by molar-refractivity contribution is 6.02. The Morgan fingerprint density at radius 2 is 1.75 bits per heavy atom. The molecule has 1 saturated carbocycles. The van der Waals surface area contributed by atoms with Crippen molar-refractivity contribution < 1.29 is 4.79 Å². The maximum absolute atomic E-state index is 12.9. The Kier molecular flexibility index (Phi) is 2.41. The summed E-state index contributed by atoms with van der Waals surface area (Å²) < 4.78 is 0. The van der Waals surface area contributed by atoms with Crippen molar-refractivity contribution in [3.8, 4) is 0 Å². The van der Waals surface area contributed by atoms with Gasteiger partial charge in [-0.1, -0.05) is 61.5 Å². The van der Waals surface area contributed by atoms with Crippen LogP contribution in [-0.2, 0) is 16.6 Å². The van der Waals surface area contributed by atoms with Gasteiger partial charge in [-0.25, -0.2) is 0 Å². The number of carbonyl (C=O) groups is 1. The Bertz CT molecular complexity index is 673. The zero-order valence-corrected chi connectivity index (χ0v) is 11.7. The van der Waals surface area contributed by atoms with Gasteiger partial charge < -0.3 is 0 Å². The molecular weight excluding hydrogens is 244 g/mol. The van der Waals surface area contributed by atoms with Crippen LogP contribution in [0, 0.1) is 5.92 Å². The van der Waals surface area contributed by atoms with E-state index in [0.717, 1.165) is 12.8 Å². The molecule has 0 aliphatic heterocycles. The van der Waals surface area contributed by atoms with Crippen LogP contribution in [0.25, 0.3) is 0 Å². The number of Topliss-reactive ketones (excluding diaryl/α,β-unsaturated/α-hetero) is 1. The summed E-state index contributed by atoms with van der Waals surface area (Å²) in [5, 5.41) is 0. The summed E-state index contributed by atoms with van der Waals surface area (Å²) in [6.07, 6.45) is 1.83. The molecule has 0 bridgehead atoms. The van der Waals surface area contributed by atoms with Crippen molar-refractivity contribution >= 4 is 5.78 Å². The predicted molar refractivity (Wildman–Crippen MR) is 79.8 cm³/mol. The quantitative estimate of drug-likeness (QED) is 0.803. The van der Waals surface area contributed by atoms with Crippen molar-refractivity contribution in [1.82, 2.24) is 0 Å². The van der Waals surface area contributed by atoms with Crippen molar-refractivity contribution in [3.63, 3.8) is 0 Å². The molecule has 1 fully saturated rings. The van der Waals surface area contributed by atoms with Gasteiger partial charge in [0.2, 0.25) is 0 Å². The molecular formula is C19H18O. The first kappa shape index (κ1) is 11.9. The Hall–Kier alpha value is -1.89. The van der Waals surface area contributed by atoms with Gasteiger partial charge in [0.1, 0.15) is 5.78 Å². The van der Waals surface area contributed by atoms with Gasteiger partial charge in [-0.05, 0) is 29.5 Å². The highest BCUT2D eigenvalue weighted by Gasteiger charge is 2.64. The summed E-state index contributed by atoms with van der Waals surface area (Å²) in [6.45, 7) is 2.15. The number of benzene rings is 2. The predicted octanol–water partition coefficient (Wildman–Crippen LogP) is 3.87. The molecule has 20 heavy (non-hydrogen) atoms. The lowest BCUT2D eigenvalue weighted by atomic mass is 9.49. The molecule has 0 aromatic heterocycles. The second-order valence-corrected chi connectivity index (χ2v) is 6.04. The van der Waals surface area contributed by atoms with Crippen molar-refractivity contribution in [2.24, 2.45) is 5.92 Å². The van der Waals surface area contributed by atoms with Gasteiger partial charge in [-0.3, -0.25) is 4.79 Å². The molecule has 1 nitrogen and oxygen atoms in total. The van der Waals surface area contributed by atoms with Gasteiger partial charge in [-0.2, -0.15) is 0 Å². The average Bonchev–Trinajstić information content (AvgIpc) is 2.86. The van der Waals surface area contributed by atoms with Crippen LogP contribution in [0.15, 0.2) is 54.6 Å². The first-order valence-corrected chi connectivity index (χ1v) is 7.46. The third-order valence-corrected chi connectivity index (χ3v) is 5.39. The molecule has 3 atom stereocenters. The number of hydrogen-bond donors (Lipinski definition) is 0. The van der Waals surface area contributed by atoms with E-state index in [-0.39, 0.29) is 11.3 Å². The highest BCUT2D eigenvalue weighted by atomic mass is 16.1. The Morgan fingerprint density at radius 1 is 1.05 bits per heavy atom. The molecule has 0 N–H and O–H groups in total. The fourth-order valence-corrected chi connectivity index (χ4v) is 4.49. The van der Waals surface area contributed by atoms with Gasteiger partial charge >= 0.3 is 0 Å². The Labute approximate surface area is 119 Å². The number of ketones is 1. The number of carbonyl (C=O) groups excluding carboxylic acids is 1. The van der Waals surface area contributed by atoms with Gasteiger partial charge in [0, 0.05) is 11.8 Å². The van der Waals surface area contributed by atoms with E-state index in [1.807, 2.05) is 18.2 Å². The fraction of sp³-hybridized carbons (Fsp3) is 0.316. The standard InChI is InChI=1S/C19H18O/c1-2-19(14-9-4-3-5-10-14)17-15-11-7-6-8-13(15)12-16(17)18(19)20/h3-11,16-17H,2,12H2,1H3/t16-,17+,19+/m1/s1. The third kappa shape index (κ3) is 1.26. The molecule has 0 unspecified atom stereocenters. The summed E-state index contributed by atoms with van der Waals surface area (Å²) in [5.74, 6) is 1.05. The van der Waals surface area contributed by atoms with Crippen LogP contribution in [0.1, 0.15) is 36.0 Å². The van der Waals surface area contributed by atoms with E-state index >= 15 is 0 Å². The normalized spacial score (nSPS) is 30.6. The lowest BCUT2D eigenvalue weighted by Gasteiger charge is -2.51. The van der Waals surface area contributed by atoms with Crippen LogP contribution in [0.3, 0.4) is 0 Å². The second-order valence-electron chi connectivity index (χ2n) is 6.04. The fourth-order valence-electron chi connectivity index (χ4n) is 4.49. The van der Waals surface area contributed by atoms with Crippen molar-refractivity contribution in [2.45, 2.75) is 31.1 Å². The summed E-state index contributed by atoms with van der Waals surface area (Å²) in [5.41, 5.74) is 3.70. The van der Waals surface area contributed by atoms with Gasteiger partial charge in [0.25, 0.3) is 0 Å². The summed E-state index contributed by atoms with van der Waals surface area (Å²) in [4.78, 5) is 12.9. The lowest BCUT2D eigenvalue weighted by Crippen LogP contribution is -2.57. The van der Waals surface area contributed by atoms with E-state index in [0.29, 0.717) is 11.7 Å². The SMILES string of the molecule is CC[C@@]1(c2ccccc2)C(=O)[C@@H]2Cc3ccccc3[C@@H]21. The molecule has 0 heterocycles. The minimum atomic E-state index is -0.279. The second kappa shape index (κ2) is 4.05. The van der Waals surface area contributed by atoms with Crippen LogP contribution in [0.5, 0.6) is 0 Å². The largest absolute Gasteiger partial charge is 0.298 e. The van der Waals surface area contributed by atoms with Crippen LogP contribution in [0.4, 0.5) is 0 Å². The van der Waals surface area contributed by atoms with Crippen LogP contribution >= 0.6 is 0 Å². The molecule has 0 amide bonds. The van der Waals surface area contributed by atoms with Crippen LogP contribution < -0.4 is 0 Å². The molecule has 0 spiro atoms. The number of rotatable bonds is 2. The van der Waals surface area contributed by atoms with E-state index in [1.54, 1.807) is 0 Å². The molecule has 100 valence electrons. The van der Waals surface area contributed by atoms with E-state index < -0.39 is 0 Å². The monoisotopic (exact) mass is 262 g/mol. The molecule has 2 aliphatic rings. The highest BCUT2D eigenvalue weighted by Crippen LogP contribution is 2.62. The van der Waals surface area contributed by atoms with Gasteiger partial charge in [-0.15, -0.1) is 0 Å². The van der Waals surface area contributed by atoms with Crippen LogP contribution in [-0.4, -0.2) is 5.78 Å². The number of hydrogen-bond acceptors (Lipinski definition) is 1. The maximum Gasteiger partial charge on any atom is 0.148 e. The molecule has 2 aromatic carbocycles. The molecule has 0 saturated heterocycles. The van der Waals surface area contributed by atoms with Crippen molar-refractivity contribution in [1.29, 1.82) is 0 Å². The van der Waals surface area contributed by atoms with E-state index in [1.165, 1.54) is 16.7 Å². The first-order valence-electron chi connectivity index (χ1n) is 7.46. The molecule has 2 aliphatic carbocycles. The number of fused-ring (bicyclic) bond motifs is 3. The Morgan fingerprint density at radius 3 is 2.50 bits per heavy atom. The summed E-state index contributed by atoms with van der Waals surface area (Å²) in [7, 11) is 0.